The molecular formula is C21H32O4. The first kappa shape index (κ1) is 21.2. The molecule has 0 bridgehead atoms. The van der Waals surface area contributed by atoms with Crippen molar-refractivity contribution in [2.75, 3.05) is 0 Å². The van der Waals surface area contributed by atoms with Crippen LogP contribution < -0.4 is 0 Å². The van der Waals surface area contributed by atoms with Gasteiger partial charge in [-0.1, -0.05) is 44.9 Å². The normalized spacial score (nSPS) is 11.0. The van der Waals surface area contributed by atoms with E-state index in [1.165, 1.54) is 16.7 Å². The third kappa shape index (κ3) is 9.28. The topological polar surface area (TPSA) is 74.6 Å². The third-order valence-electron chi connectivity index (χ3n) is 4.57. The van der Waals surface area contributed by atoms with Crippen LogP contribution in [0.1, 0.15) is 87.8 Å². The Labute approximate surface area is 151 Å². The standard InChI is InChI=1S/C21H32O4/c1-16(2)18-14-13-17(9-5-3-7-11-20(22)23)19(15-18)10-6-4-8-12-21(24)25/h13-16H,3-12H2,1-2H3,(H,22,23)(H,24,25). The van der Waals surface area contributed by atoms with Crippen LogP contribution in [0.4, 0.5) is 0 Å². The number of benzene rings is 1. The molecule has 0 radical (unpaired) electrons. The fraction of sp³-hybridized carbons (Fsp3) is 0.619. The highest BCUT2D eigenvalue weighted by Gasteiger charge is 2.07. The van der Waals surface area contributed by atoms with Gasteiger partial charge >= 0.3 is 11.9 Å². The minimum atomic E-state index is -0.719. The number of aryl methyl sites for hydroxylation is 2. The second-order valence-corrected chi connectivity index (χ2v) is 7.09. The first-order valence-electron chi connectivity index (χ1n) is 9.45. The number of hydrogen-bond acceptors (Lipinski definition) is 2. The average molecular weight is 348 g/mol. The summed E-state index contributed by atoms with van der Waals surface area (Å²) < 4.78 is 0. The lowest BCUT2D eigenvalue weighted by atomic mass is 9.92. The van der Waals surface area contributed by atoms with Crippen LogP contribution in [0.25, 0.3) is 0 Å². The number of hydrogen-bond donors (Lipinski definition) is 2. The highest BCUT2D eigenvalue weighted by atomic mass is 16.4. The van der Waals surface area contributed by atoms with E-state index in [1.807, 2.05) is 0 Å². The molecule has 4 heteroatoms. The van der Waals surface area contributed by atoms with Gasteiger partial charge in [0.05, 0.1) is 0 Å². The van der Waals surface area contributed by atoms with Gasteiger partial charge in [0.25, 0.3) is 0 Å². The van der Waals surface area contributed by atoms with Gasteiger partial charge in [0.15, 0.2) is 0 Å². The maximum Gasteiger partial charge on any atom is 0.303 e. The highest BCUT2D eigenvalue weighted by molar-refractivity contribution is 5.66. The van der Waals surface area contributed by atoms with Gasteiger partial charge in [-0.3, -0.25) is 9.59 Å². The smallest absolute Gasteiger partial charge is 0.303 e. The van der Waals surface area contributed by atoms with E-state index < -0.39 is 11.9 Å². The van der Waals surface area contributed by atoms with Gasteiger partial charge in [-0.15, -0.1) is 0 Å². The summed E-state index contributed by atoms with van der Waals surface area (Å²) >= 11 is 0. The second kappa shape index (κ2) is 11.7. The van der Waals surface area contributed by atoms with Crippen molar-refractivity contribution in [3.8, 4) is 0 Å². The van der Waals surface area contributed by atoms with Crippen molar-refractivity contribution in [2.24, 2.45) is 0 Å². The van der Waals surface area contributed by atoms with E-state index in [0.717, 1.165) is 51.4 Å². The van der Waals surface area contributed by atoms with Crippen molar-refractivity contribution in [3.05, 3.63) is 34.9 Å². The molecule has 25 heavy (non-hydrogen) atoms. The molecule has 0 saturated heterocycles. The third-order valence-corrected chi connectivity index (χ3v) is 4.57. The van der Waals surface area contributed by atoms with E-state index in [-0.39, 0.29) is 12.8 Å². The summed E-state index contributed by atoms with van der Waals surface area (Å²) in [5.41, 5.74) is 4.08. The van der Waals surface area contributed by atoms with Gasteiger partial charge in [0.2, 0.25) is 0 Å². The molecule has 140 valence electrons. The fourth-order valence-electron chi connectivity index (χ4n) is 3.02. The number of aliphatic carboxylic acids is 2. The number of carboxylic acid groups (broad SMARTS) is 2. The maximum atomic E-state index is 10.6. The van der Waals surface area contributed by atoms with E-state index in [1.54, 1.807) is 0 Å². The monoisotopic (exact) mass is 348 g/mol. The lowest BCUT2D eigenvalue weighted by Crippen LogP contribution is -2.00. The summed E-state index contributed by atoms with van der Waals surface area (Å²) in [6, 6.07) is 6.72. The van der Waals surface area contributed by atoms with E-state index in [2.05, 4.69) is 32.0 Å². The fourth-order valence-corrected chi connectivity index (χ4v) is 3.02. The molecule has 0 aliphatic rings. The van der Waals surface area contributed by atoms with Crippen LogP contribution in [0, 0.1) is 0 Å². The molecule has 0 amide bonds. The molecule has 0 spiro atoms. The molecule has 0 aliphatic carbocycles. The summed E-state index contributed by atoms with van der Waals surface area (Å²) in [5, 5.41) is 17.4. The molecule has 1 aromatic carbocycles. The Morgan fingerprint density at radius 2 is 1.32 bits per heavy atom. The number of carboxylic acids is 2. The minimum absolute atomic E-state index is 0.252. The molecule has 0 atom stereocenters. The summed E-state index contributed by atoms with van der Waals surface area (Å²) in [6.45, 7) is 4.38. The van der Waals surface area contributed by atoms with Crippen molar-refractivity contribution in [2.45, 2.75) is 84.0 Å². The lowest BCUT2D eigenvalue weighted by Gasteiger charge is -2.14. The van der Waals surface area contributed by atoms with Gasteiger partial charge in [0.1, 0.15) is 0 Å². The van der Waals surface area contributed by atoms with Crippen molar-refractivity contribution >= 4 is 11.9 Å². The Balaban J connectivity index is 2.56. The summed E-state index contributed by atoms with van der Waals surface area (Å²) in [4.78, 5) is 21.1. The molecule has 0 heterocycles. The van der Waals surface area contributed by atoms with E-state index in [9.17, 15) is 9.59 Å². The molecule has 0 unspecified atom stereocenters. The van der Waals surface area contributed by atoms with Crippen LogP contribution in [0.2, 0.25) is 0 Å². The Hall–Kier alpha value is -1.84. The Morgan fingerprint density at radius 1 is 0.800 bits per heavy atom. The maximum absolute atomic E-state index is 10.6. The largest absolute Gasteiger partial charge is 0.481 e. The molecule has 2 N–H and O–H groups in total. The van der Waals surface area contributed by atoms with Gasteiger partial charge in [0, 0.05) is 12.8 Å². The molecule has 0 aliphatic heterocycles. The molecule has 1 rings (SSSR count). The van der Waals surface area contributed by atoms with E-state index in [4.69, 9.17) is 10.2 Å². The highest BCUT2D eigenvalue weighted by Crippen LogP contribution is 2.22. The van der Waals surface area contributed by atoms with Crippen LogP contribution in [0.5, 0.6) is 0 Å². The molecule has 0 aromatic heterocycles. The first-order valence-corrected chi connectivity index (χ1v) is 9.45. The average Bonchev–Trinajstić information content (AvgIpc) is 2.54. The first-order chi connectivity index (χ1) is 11.9. The number of rotatable bonds is 13. The van der Waals surface area contributed by atoms with Gasteiger partial charge in [-0.05, 0) is 61.1 Å². The molecule has 0 saturated carbocycles. The Kier molecular flexibility index (Phi) is 9.90. The predicted molar refractivity (Wildman–Crippen MR) is 100 cm³/mol. The second-order valence-electron chi connectivity index (χ2n) is 7.09. The van der Waals surface area contributed by atoms with E-state index >= 15 is 0 Å². The zero-order valence-corrected chi connectivity index (χ0v) is 15.6. The van der Waals surface area contributed by atoms with Gasteiger partial charge in [-0.2, -0.15) is 0 Å². The van der Waals surface area contributed by atoms with Crippen LogP contribution >= 0.6 is 0 Å². The molecule has 0 fully saturated rings. The van der Waals surface area contributed by atoms with Crippen molar-refractivity contribution in [1.82, 2.24) is 0 Å². The Morgan fingerprint density at radius 3 is 1.80 bits per heavy atom. The minimum Gasteiger partial charge on any atom is -0.481 e. The zero-order chi connectivity index (χ0) is 18.7. The van der Waals surface area contributed by atoms with Crippen LogP contribution in [0.15, 0.2) is 18.2 Å². The van der Waals surface area contributed by atoms with E-state index in [0.29, 0.717) is 5.92 Å². The zero-order valence-electron chi connectivity index (χ0n) is 15.6. The van der Waals surface area contributed by atoms with Crippen molar-refractivity contribution in [1.29, 1.82) is 0 Å². The Bertz CT molecular complexity index is 549. The number of unbranched alkanes of at least 4 members (excludes halogenated alkanes) is 4. The predicted octanol–water partition coefficient (Wildman–Crippen LogP) is 5.19. The summed E-state index contributed by atoms with van der Waals surface area (Å²) in [7, 11) is 0. The van der Waals surface area contributed by atoms with Crippen molar-refractivity contribution < 1.29 is 19.8 Å². The molecule has 4 nitrogen and oxygen atoms in total. The quantitative estimate of drug-likeness (QED) is 0.481. The van der Waals surface area contributed by atoms with Gasteiger partial charge < -0.3 is 10.2 Å². The lowest BCUT2D eigenvalue weighted by molar-refractivity contribution is -0.138. The number of carbonyl (C=O) groups is 2. The van der Waals surface area contributed by atoms with Crippen LogP contribution in [-0.4, -0.2) is 22.2 Å². The van der Waals surface area contributed by atoms with Crippen molar-refractivity contribution in [3.63, 3.8) is 0 Å². The van der Waals surface area contributed by atoms with Gasteiger partial charge in [-0.25, -0.2) is 0 Å². The summed E-state index contributed by atoms with van der Waals surface area (Å²) in [6.07, 6.45) is 7.87. The van der Waals surface area contributed by atoms with Crippen LogP contribution in [0.3, 0.4) is 0 Å². The van der Waals surface area contributed by atoms with Crippen LogP contribution in [-0.2, 0) is 22.4 Å². The SMILES string of the molecule is CC(C)c1ccc(CCCCCC(=O)O)c(CCCCCC(=O)O)c1. The molecule has 1 aromatic rings. The molecular weight excluding hydrogens is 316 g/mol. The summed E-state index contributed by atoms with van der Waals surface area (Å²) in [5.74, 6) is -0.942.